The third-order valence-corrected chi connectivity index (χ3v) is 4.13. The molecule has 0 saturated heterocycles. The van der Waals surface area contributed by atoms with Gasteiger partial charge in [0.15, 0.2) is 11.8 Å². The molecule has 126 valence electrons. The lowest BCUT2D eigenvalue weighted by Gasteiger charge is -2.14. The number of aromatic nitrogens is 2. The number of hydrogen-bond donors (Lipinski definition) is 1. The molecular formula is C17H18FN3O3. The maximum atomic E-state index is 13.1. The first-order chi connectivity index (χ1) is 11.5. The quantitative estimate of drug-likeness (QED) is 0.867. The monoisotopic (exact) mass is 331 g/mol. The van der Waals surface area contributed by atoms with Crippen LogP contribution in [0.25, 0.3) is 5.69 Å². The third-order valence-electron chi connectivity index (χ3n) is 4.13. The van der Waals surface area contributed by atoms with Gasteiger partial charge in [0.1, 0.15) is 5.82 Å². The Balaban J connectivity index is 2.00. The first-order valence-corrected chi connectivity index (χ1v) is 7.84. The van der Waals surface area contributed by atoms with Crippen molar-refractivity contribution in [1.29, 1.82) is 0 Å². The molecule has 2 N–H and O–H groups in total. The van der Waals surface area contributed by atoms with E-state index in [0.29, 0.717) is 12.1 Å². The molecule has 0 aliphatic heterocycles. The average Bonchev–Trinajstić information content (AvgIpc) is 2.95. The zero-order valence-corrected chi connectivity index (χ0v) is 13.3. The highest BCUT2D eigenvalue weighted by Crippen LogP contribution is 2.27. The lowest BCUT2D eigenvalue weighted by molar-refractivity contribution is -0.125. The van der Waals surface area contributed by atoms with E-state index in [2.05, 4.69) is 5.10 Å². The Hall–Kier alpha value is -2.70. The summed E-state index contributed by atoms with van der Waals surface area (Å²) >= 11 is 0. The number of carbonyl (C=O) groups excluding carboxylic acids is 2. The normalized spacial score (nSPS) is 14.8. The van der Waals surface area contributed by atoms with E-state index in [1.54, 1.807) is 16.8 Å². The van der Waals surface area contributed by atoms with Crippen LogP contribution in [0.4, 0.5) is 4.39 Å². The van der Waals surface area contributed by atoms with Crippen LogP contribution in [0.5, 0.6) is 0 Å². The number of hydrogen-bond acceptors (Lipinski definition) is 4. The molecule has 1 atom stereocenters. The van der Waals surface area contributed by atoms with Crippen molar-refractivity contribution in [2.75, 3.05) is 0 Å². The second kappa shape index (κ2) is 6.43. The standard InChI is InChI=1S/C17H18FN3O3/c1-10(16(19)22)24-17(23)15-13-4-2-3-5-14(13)21(20-15)12-8-6-11(18)7-9-12/h6-10H,2-5H2,1H3,(H2,19,22)/t10-/m1/s1. The van der Waals surface area contributed by atoms with Gasteiger partial charge in [-0.3, -0.25) is 4.79 Å². The smallest absolute Gasteiger partial charge is 0.359 e. The molecule has 1 amide bonds. The Labute approximate surface area is 138 Å². The SMILES string of the molecule is C[C@@H](OC(=O)c1nn(-c2ccc(F)cc2)c2c1CCCC2)C(N)=O. The number of carbonyl (C=O) groups is 2. The summed E-state index contributed by atoms with van der Waals surface area (Å²) in [5.74, 6) is -1.72. The Kier molecular flexibility index (Phi) is 4.33. The Morgan fingerprint density at radius 2 is 1.92 bits per heavy atom. The largest absolute Gasteiger partial charge is 0.448 e. The maximum absolute atomic E-state index is 13.1. The number of fused-ring (bicyclic) bond motifs is 1. The number of nitrogens with two attached hydrogens (primary N) is 1. The molecule has 1 aromatic heterocycles. The van der Waals surface area contributed by atoms with Crippen molar-refractivity contribution in [2.45, 2.75) is 38.7 Å². The molecule has 1 heterocycles. The van der Waals surface area contributed by atoms with Gasteiger partial charge in [-0.25, -0.2) is 13.9 Å². The number of primary amides is 1. The first kappa shape index (κ1) is 16.2. The van der Waals surface area contributed by atoms with Gasteiger partial charge >= 0.3 is 5.97 Å². The summed E-state index contributed by atoms with van der Waals surface area (Å²) in [6.45, 7) is 1.42. The van der Waals surface area contributed by atoms with Gasteiger partial charge in [-0.2, -0.15) is 5.10 Å². The fourth-order valence-electron chi connectivity index (χ4n) is 2.83. The molecule has 24 heavy (non-hydrogen) atoms. The molecule has 0 radical (unpaired) electrons. The third kappa shape index (κ3) is 3.02. The van der Waals surface area contributed by atoms with Crippen LogP contribution in [0.3, 0.4) is 0 Å². The zero-order chi connectivity index (χ0) is 17.3. The highest BCUT2D eigenvalue weighted by Gasteiger charge is 2.28. The molecule has 1 aliphatic rings. The van der Waals surface area contributed by atoms with E-state index in [-0.39, 0.29) is 11.5 Å². The summed E-state index contributed by atoms with van der Waals surface area (Å²) in [5, 5.41) is 4.37. The molecule has 1 aliphatic carbocycles. The highest BCUT2D eigenvalue weighted by molar-refractivity contribution is 5.92. The van der Waals surface area contributed by atoms with Crippen LogP contribution in [0.15, 0.2) is 24.3 Å². The lowest BCUT2D eigenvalue weighted by atomic mass is 9.95. The number of ether oxygens (including phenoxy) is 1. The van der Waals surface area contributed by atoms with Gasteiger partial charge < -0.3 is 10.5 Å². The molecule has 6 nitrogen and oxygen atoms in total. The highest BCUT2D eigenvalue weighted by atomic mass is 19.1. The van der Waals surface area contributed by atoms with Gasteiger partial charge in [-0.05, 0) is 56.9 Å². The van der Waals surface area contributed by atoms with E-state index in [9.17, 15) is 14.0 Å². The van der Waals surface area contributed by atoms with Crippen molar-refractivity contribution in [3.05, 3.63) is 47.0 Å². The fourth-order valence-corrected chi connectivity index (χ4v) is 2.83. The zero-order valence-electron chi connectivity index (χ0n) is 13.3. The van der Waals surface area contributed by atoms with E-state index in [4.69, 9.17) is 10.5 Å². The van der Waals surface area contributed by atoms with Crippen LogP contribution in [-0.4, -0.2) is 27.8 Å². The molecule has 0 unspecified atom stereocenters. The summed E-state index contributed by atoms with van der Waals surface area (Å²) in [7, 11) is 0. The molecule has 0 fully saturated rings. The van der Waals surface area contributed by atoms with Gasteiger partial charge in [0.25, 0.3) is 5.91 Å². The molecule has 2 aromatic rings. The lowest BCUT2D eigenvalue weighted by Crippen LogP contribution is -2.30. The van der Waals surface area contributed by atoms with Crippen molar-refractivity contribution in [3.63, 3.8) is 0 Å². The molecule has 1 aromatic carbocycles. The van der Waals surface area contributed by atoms with Crippen molar-refractivity contribution in [1.82, 2.24) is 9.78 Å². The minimum absolute atomic E-state index is 0.196. The minimum atomic E-state index is -1.02. The molecular weight excluding hydrogens is 313 g/mol. The summed E-state index contributed by atoms with van der Waals surface area (Å²) in [6, 6.07) is 5.91. The number of amides is 1. The number of nitrogens with zero attached hydrogens (tertiary/aromatic N) is 2. The van der Waals surface area contributed by atoms with E-state index in [1.807, 2.05) is 0 Å². The molecule has 3 rings (SSSR count). The number of rotatable bonds is 4. The van der Waals surface area contributed by atoms with Crippen LogP contribution < -0.4 is 5.73 Å². The van der Waals surface area contributed by atoms with Gasteiger partial charge in [0.2, 0.25) is 0 Å². The summed E-state index contributed by atoms with van der Waals surface area (Å²) in [5.41, 5.74) is 7.76. The summed E-state index contributed by atoms with van der Waals surface area (Å²) < 4.78 is 19.9. The van der Waals surface area contributed by atoms with Crippen molar-refractivity contribution < 1.29 is 18.7 Å². The number of halogens is 1. The van der Waals surface area contributed by atoms with Gasteiger partial charge in [0.05, 0.1) is 5.69 Å². The van der Waals surface area contributed by atoms with Crippen molar-refractivity contribution in [2.24, 2.45) is 5.73 Å². The number of benzene rings is 1. The van der Waals surface area contributed by atoms with E-state index < -0.39 is 18.0 Å². The van der Waals surface area contributed by atoms with Crippen LogP contribution in [-0.2, 0) is 22.4 Å². The predicted molar refractivity (Wildman–Crippen MR) is 84.2 cm³/mol. The van der Waals surface area contributed by atoms with Crippen LogP contribution in [0.1, 0.15) is 41.5 Å². The van der Waals surface area contributed by atoms with Crippen molar-refractivity contribution in [3.8, 4) is 5.69 Å². The molecule has 7 heteroatoms. The van der Waals surface area contributed by atoms with E-state index in [1.165, 1.54) is 19.1 Å². The molecule has 0 spiro atoms. The van der Waals surface area contributed by atoms with Gasteiger partial charge in [-0.15, -0.1) is 0 Å². The minimum Gasteiger partial charge on any atom is -0.448 e. The second-order valence-electron chi connectivity index (χ2n) is 5.82. The molecule has 0 bridgehead atoms. The Morgan fingerprint density at radius 3 is 2.58 bits per heavy atom. The maximum Gasteiger partial charge on any atom is 0.359 e. The van der Waals surface area contributed by atoms with Gasteiger partial charge in [0, 0.05) is 11.3 Å². The molecule has 0 saturated carbocycles. The fraction of sp³-hybridized carbons (Fsp3) is 0.353. The van der Waals surface area contributed by atoms with Gasteiger partial charge in [-0.1, -0.05) is 0 Å². The summed E-state index contributed by atoms with van der Waals surface area (Å²) in [4.78, 5) is 23.5. The summed E-state index contributed by atoms with van der Waals surface area (Å²) in [6.07, 6.45) is 2.41. The van der Waals surface area contributed by atoms with E-state index in [0.717, 1.165) is 30.5 Å². The second-order valence-corrected chi connectivity index (χ2v) is 5.82. The predicted octanol–water partition coefficient (Wildman–Crippen LogP) is 1.92. The average molecular weight is 331 g/mol. The Morgan fingerprint density at radius 1 is 1.25 bits per heavy atom. The first-order valence-electron chi connectivity index (χ1n) is 7.84. The van der Waals surface area contributed by atoms with Crippen LogP contribution >= 0.6 is 0 Å². The Bertz CT molecular complexity index is 783. The van der Waals surface area contributed by atoms with Crippen LogP contribution in [0.2, 0.25) is 0 Å². The van der Waals surface area contributed by atoms with Crippen LogP contribution in [0, 0.1) is 5.82 Å². The van der Waals surface area contributed by atoms with E-state index >= 15 is 0 Å². The number of esters is 1. The topological polar surface area (TPSA) is 87.2 Å². The van der Waals surface area contributed by atoms with Crippen molar-refractivity contribution >= 4 is 11.9 Å².